The zero-order chi connectivity index (χ0) is 12.2. The highest BCUT2D eigenvalue weighted by molar-refractivity contribution is 5.79. The molecule has 4 nitrogen and oxygen atoms in total. The third kappa shape index (κ3) is 3.46. The third-order valence-corrected chi connectivity index (χ3v) is 3.33. The van der Waals surface area contributed by atoms with Crippen molar-refractivity contribution in [2.75, 3.05) is 19.7 Å². The van der Waals surface area contributed by atoms with Crippen LogP contribution < -0.4 is 11.1 Å². The van der Waals surface area contributed by atoms with Crippen molar-refractivity contribution in [1.82, 2.24) is 5.32 Å². The number of ether oxygens (including phenoxy) is 1. The minimum Gasteiger partial charge on any atom is -0.373 e. The fourth-order valence-corrected chi connectivity index (χ4v) is 2.06. The van der Waals surface area contributed by atoms with Crippen molar-refractivity contribution in [3.63, 3.8) is 0 Å². The maximum atomic E-state index is 11.9. The van der Waals surface area contributed by atoms with E-state index in [1.807, 2.05) is 20.8 Å². The van der Waals surface area contributed by atoms with Crippen LogP contribution in [0, 0.1) is 11.8 Å². The van der Waals surface area contributed by atoms with E-state index >= 15 is 0 Å². The maximum absolute atomic E-state index is 11.9. The van der Waals surface area contributed by atoms with Crippen LogP contribution in [0.2, 0.25) is 0 Å². The summed E-state index contributed by atoms with van der Waals surface area (Å²) in [7, 11) is 0. The topological polar surface area (TPSA) is 64.4 Å². The van der Waals surface area contributed by atoms with Crippen LogP contribution in [-0.4, -0.2) is 31.2 Å². The number of amides is 1. The second kappa shape index (κ2) is 5.64. The Morgan fingerprint density at radius 1 is 1.56 bits per heavy atom. The lowest BCUT2D eigenvalue weighted by atomic mass is 9.94. The summed E-state index contributed by atoms with van der Waals surface area (Å²) in [5.41, 5.74) is 5.42. The van der Waals surface area contributed by atoms with Gasteiger partial charge in [0.25, 0.3) is 0 Å². The quantitative estimate of drug-likeness (QED) is 0.735. The summed E-state index contributed by atoms with van der Waals surface area (Å²) in [4.78, 5) is 11.9. The summed E-state index contributed by atoms with van der Waals surface area (Å²) in [5.74, 6) is 0.238. The SMILES string of the molecule is CC(C)C(CN)C(=O)NCC1(C)CCCO1. The summed E-state index contributed by atoms with van der Waals surface area (Å²) in [5, 5.41) is 2.95. The Balaban J connectivity index is 2.39. The van der Waals surface area contributed by atoms with Gasteiger partial charge < -0.3 is 15.8 Å². The van der Waals surface area contributed by atoms with E-state index in [1.165, 1.54) is 0 Å². The predicted molar refractivity (Wildman–Crippen MR) is 64.0 cm³/mol. The molecule has 94 valence electrons. The summed E-state index contributed by atoms with van der Waals surface area (Å²) < 4.78 is 5.62. The molecule has 0 saturated carbocycles. The normalized spacial score (nSPS) is 27.1. The molecule has 0 aliphatic carbocycles. The van der Waals surface area contributed by atoms with Crippen molar-refractivity contribution >= 4 is 5.91 Å². The summed E-state index contributed by atoms with van der Waals surface area (Å²) in [6.45, 7) is 7.88. The molecule has 1 aliphatic rings. The highest BCUT2D eigenvalue weighted by atomic mass is 16.5. The van der Waals surface area contributed by atoms with Crippen molar-refractivity contribution in [2.24, 2.45) is 17.6 Å². The first kappa shape index (κ1) is 13.5. The molecule has 1 saturated heterocycles. The van der Waals surface area contributed by atoms with Crippen molar-refractivity contribution in [2.45, 2.75) is 39.2 Å². The van der Waals surface area contributed by atoms with E-state index in [0.717, 1.165) is 19.4 Å². The van der Waals surface area contributed by atoms with Gasteiger partial charge >= 0.3 is 0 Å². The van der Waals surface area contributed by atoms with Crippen molar-refractivity contribution in [1.29, 1.82) is 0 Å². The van der Waals surface area contributed by atoms with Crippen LogP contribution in [0.1, 0.15) is 33.6 Å². The fraction of sp³-hybridized carbons (Fsp3) is 0.917. The molecule has 1 fully saturated rings. The molecule has 2 atom stereocenters. The molecular formula is C12H24N2O2. The number of rotatable bonds is 5. The molecule has 4 heteroatoms. The molecule has 0 aromatic rings. The van der Waals surface area contributed by atoms with Crippen LogP contribution in [0.5, 0.6) is 0 Å². The first-order valence-electron chi connectivity index (χ1n) is 6.10. The maximum Gasteiger partial charge on any atom is 0.224 e. The molecule has 0 radical (unpaired) electrons. The monoisotopic (exact) mass is 228 g/mol. The lowest BCUT2D eigenvalue weighted by Gasteiger charge is -2.25. The molecule has 2 unspecified atom stereocenters. The Hall–Kier alpha value is -0.610. The number of hydrogen-bond acceptors (Lipinski definition) is 3. The molecular weight excluding hydrogens is 204 g/mol. The van der Waals surface area contributed by atoms with Crippen LogP contribution in [0.15, 0.2) is 0 Å². The lowest BCUT2D eigenvalue weighted by molar-refractivity contribution is -0.127. The molecule has 0 spiro atoms. The fourth-order valence-electron chi connectivity index (χ4n) is 2.06. The van der Waals surface area contributed by atoms with Gasteiger partial charge in [-0.1, -0.05) is 13.8 Å². The number of nitrogens with two attached hydrogens (primary N) is 1. The number of nitrogens with one attached hydrogen (secondary N) is 1. The first-order valence-corrected chi connectivity index (χ1v) is 6.10. The van der Waals surface area contributed by atoms with Gasteiger partial charge in [-0.3, -0.25) is 4.79 Å². The van der Waals surface area contributed by atoms with Crippen molar-refractivity contribution < 1.29 is 9.53 Å². The molecule has 1 aliphatic heterocycles. The molecule has 1 heterocycles. The van der Waals surface area contributed by atoms with E-state index in [0.29, 0.717) is 13.1 Å². The molecule has 1 rings (SSSR count). The van der Waals surface area contributed by atoms with Crippen LogP contribution in [0.25, 0.3) is 0 Å². The Labute approximate surface area is 97.9 Å². The minimum absolute atomic E-state index is 0.0502. The van der Waals surface area contributed by atoms with Gasteiger partial charge in [-0.2, -0.15) is 0 Å². The summed E-state index contributed by atoms with van der Waals surface area (Å²) in [6, 6.07) is 0. The van der Waals surface area contributed by atoms with Gasteiger partial charge in [-0.15, -0.1) is 0 Å². The second-order valence-corrected chi connectivity index (χ2v) is 5.21. The lowest BCUT2D eigenvalue weighted by Crippen LogP contribution is -2.45. The molecule has 0 bridgehead atoms. The van der Waals surface area contributed by atoms with E-state index in [2.05, 4.69) is 5.32 Å². The van der Waals surface area contributed by atoms with Gasteiger partial charge in [0.2, 0.25) is 5.91 Å². The van der Waals surface area contributed by atoms with E-state index in [9.17, 15) is 4.79 Å². The number of hydrogen-bond donors (Lipinski definition) is 2. The number of carbonyl (C=O) groups excluding carboxylic acids is 1. The minimum atomic E-state index is -0.175. The third-order valence-electron chi connectivity index (χ3n) is 3.33. The molecule has 1 amide bonds. The predicted octanol–water partition coefficient (Wildman–Crippen LogP) is 0.903. The van der Waals surface area contributed by atoms with Crippen LogP contribution in [0.4, 0.5) is 0 Å². The molecule has 16 heavy (non-hydrogen) atoms. The van der Waals surface area contributed by atoms with Gasteiger partial charge in [0, 0.05) is 19.7 Å². The average Bonchev–Trinajstić information content (AvgIpc) is 2.63. The van der Waals surface area contributed by atoms with E-state index < -0.39 is 0 Å². The zero-order valence-electron chi connectivity index (χ0n) is 10.6. The second-order valence-electron chi connectivity index (χ2n) is 5.21. The first-order chi connectivity index (χ1) is 7.48. The van der Waals surface area contributed by atoms with Gasteiger partial charge in [0.15, 0.2) is 0 Å². The molecule has 3 N–H and O–H groups in total. The largest absolute Gasteiger partial charge is 0.373 e. The highest BCUT2D eigenvalue weighted by Gasteiger charge is 2.31. The smallest absolute Gasteiger partial charge is 0.224 e. The van der Waals surface area contributed by atoms with Gasteiger partial charge in [0.05, 0.1) is 11.5 Å². The number of carbonyl (C=O) groups is 1. The summed E-state index contributed by atoms with van der Waals surface area (Å²) >= 11 is 0. The Morgan fingerprint density at radius 3 is 2.69 bits per heavy atom. The van der Waals surface area contributed by atoms with Gasteiger partial charge in [-0.25, -0.2) is 0 Å². The Morgan fingerprint density at radius 2 is 2.25 bits per heavy atom. The van der Waals surface area contributed by atoms with E-state index in [-0.39, 0.29) is 23.3 Å². The van der Waals surface area contributed by atoms with E-state index in [1.54, 1.807) is 0 Å². The summed E-state index contributed by atoms with van der Waals surface area (Å²) in [6.07, 6.45) is 2.10. The average molecular weight is 228 g/mol. The van der Waals surface area contributed by atoms with E-state index in [4.69, 9.17) is 10.5 Å². The van der Waals surface area contributed by atoms with Gasteiger partial charge in [-0.05, 0) is 25.7 Å². The van der Waals surface area contributed by atoms with Gasteiger partial charge in [0.1, 0.15) is 0 Å². The molecule has 0 aromatic carbocycles. The Kier molecular flexibility index (Phi) is 4.74. The highest BCUT2D eigenvalue weighted by Crippen LogP contribution is 2.24. The van der Waals surface area contributed by atoms with Crippen molar-refractivity contribution in [3.05, 3.63) is 0 Å². The van der Waals surface area contributed by atoms with Crippen molar-refractivity contribution in [3.8, 4) is 0 Å². The van der Waals surface area contributed by atoms with Crippen LogP contribution >= 0.6 is 0 Å². The zero-order valence-corrected chi connectivity index (χ0v) is 10.6. The van der Waals surface area contributed by atoms with Crippen LogP contribution in [0.3, 0.4) is 0 Å². The van der Waals surface area contributed by atoms with Crippen LogP contribution in [-0.2, 0) is 9.53 Å². The Bertz CT molecular complexity index is 235. The standard InChI is InChI=1S/C12H24N2O2/c1-9(2)10(7-13)11(15)14-8-12(3)5-4-6-16-12/h9-10H,4-8,13H2,1-3H3,(H,14,15). The molecule has 0 aromatic heterocycles.